The van der Waals surface area contributed by atoms with Gasteiger partial charge in [-0.2, -0.15) is 0 Å². The van der Waals surface area contributed by atoms with Crippen molar-refractivity contribution >= 4 is 37.2 Å². The minimum Gasteiger partial charge on any atom is -0.444 e. The Hall–Kier alpha value is -4.56. The topological polar surface area (TPSA) is 300 Å². The van der Waals surface area contributed by atoms with Gasteiger partial charge >= 0.3 is 30.5 Å². The van der Waals surface area contributed by atoms with E-state index in [4.69, 9.17) is 62.3 Å². The maximum absolute atomic E-state index is 13.6. The summed E-state index contributed by atoms with van der Waals surface area (Å²) in [5, 5.41) is 31.9. The third-order valence-corrected chi connectivity index (χ3v) is 10.6. The Balaban J connectivity index is 0.00000482. The SMILES string of the molecule is C=N.CC.CCC(NC(=O)OC(C)(C)C)C(OC1OC(CNC(=O)OC(C)(C)C)C=CC1NC(=O)OC(C)(C)C)C(O)C(CNC(=O)OC(C)(C)C)OC1OC2COC3(CCCCC3)O[C@H]2O[C@H]1NC(=O)OC(C)(C)C. The Morgan fingerprint density at radius 2 is 1.16 bits per heavy atom. The summed E-state index contributed by atoms with van der Waals surface area (Å²) < 4.78 is 73.0. The molecule has 0 aromatic carbocycles. The molecule has 0 bridgehead atoms. The molecule has 3 aliphatic heterocycles. The van der Waals surface area contributed by atoms with Gasteiger partial charge in [0, 0.05) is 19.4 Å². The summed E-state index contributed by atoms with van der Waals surface area (Å²) in [6.45, 7) is 33.0. The highest BCUT2D eigenvalue weighted by molar-refractivity contribution is 5.70. The van der Waals surface area contributed by atoms with E-state index in [9.17, 15) is 29.1 Å². The number of aliphatic hydroxyl groups is 1. The van der Waals surface area contributed by atoms with Crippen molar-refractivity contribution in [1.29, 1.82) is 5.41 Å². The van der Waals surface area contributed by atoms with Gasteiger partial charge < -0.3 is 88.6 Å². The zero-order valence-corrected chi connectivity index (χ0v) is 48.5. The van der Waals surface area contributed by atoms with Gasteiger partial charge in [-0.1, -0.05) is 39.3 Å². The zero-order valence-electron chi connectivity index (χ0n) is 48.5. The lowest BCUT2D eigenvalue weighted by molar-refractivity contribution is -0.444. The summed E-state index contributed by atoms with van der Waals surface area (Å²) in [5.74, 6) is -0.915. The van der Waals surface area contributed by atoms with E-state index in [2.05, 4.69) is 33.3 Å². The fourth-order valence-corrected chi connectivity index (χ4v) is 7.79. The standard InChI is InChI=1S/C49H85N5O18.C2H6.CH3N/c1-17-29(52-41(58)70-46(8,9)10)34(65-36-30(53-42(59)71-47(11,12)13)22-21-28(62-36)25-50-39(56)68-44(2,3)4)33(55)31(26-51-40(57)69-45(5,6)7)63-38-35(54-43(60)72-48(14,15)16)66-37-32(64-38)27-61-49(67-37)23-19-18-20-24-49;2*1-2/h21-22,28-38,55H,17-20,23-27H2,1-16H3,(H,50,56)(H,51,57)(H,52,58)(H,53,59)(H,54,60);1-2H3;2H,1H2/t28?,29?,30?,31?,32?,33?,34?,35-,36?,37-,38?;;/m1../s1. The lowest BCUT2D eigenvalue weighted by Gasteiger charge is -2.50. The number of hydrogen-bond acceptors (Lipinski definition) is 19. The van der Waals surface area contributed by atoms with E-state index in [0.717, 1.165) is 19.3 Å². The Morgan fingerprint density at radius 3 is 1.68 bits per heavy atom. The van der Waals surface area contributed by atoms with Crippen molar-refractivity contribution < 1.29 is 85.9 Å². The van der Waals surface area contributed by atoms with Crippen LogP contribution < -0.4 is 26.6 Å². The molecule has 0 aromatic rings. The smallest absolute Gasteiger partial charge is 0.409 e. The van der Waals surface area contributed by atoms with Gasteiger partial charge in [-0.15, -0.1) is 0 Å². The Morgan fingerprint density at radius 1 is 0.658 bits per heavy atom. The predicted molar refractivity (Wildman–Crippen MR) is 279 cm³/mol. The first-order chi connectivity index (χ1) is 35.1. The fourth-order valence-electron chi connectivity index (χ4n) is 7.79. The maximum atomic E-state index is 13.6. The fraction of sp³-hybridized carbons (Fsp3) is 0.846. The summed E-state index contributed by atoms with van der Waals surface area (Å²) in [4.78, 5) is 66.3. The largest absolute Gasteiger partial charge is 0.444 e. The lowest BCUT2D eigenvalue weighted by Crippen LogP contribution is -2.65. The number of alkyl carbamates (subject to hydrolysis) is 5. The Labute approximate surface area is 450 Å². The quantitative estimate of drug-likeness (QED) is 0.0473. The van der Waals surface area contributed by atoms with Crippen molar-refractivity contribution in [2.24, 2.45) is 0 Å². The summed E-state index contributed by atoms with van der Waals surface area (Å²) in [5.41, 5.74) is -4.49. The van der Waals surface area contributed by atoms with E-state index in [1.807, 2.05) is 13.8 Å². The van der Waals surface area contributed by atoms with Crippen LogP contribution in [-0.4, -0.2) is 163 Å². The third kappa shape index (κ3) is 24.8. The number of fused-ring (bicyclic) bond motifs is 1. The van der Waals surface area contributed by atoms with Gasteiger partial charge in [0.15, 0.2) is 24.6 Å². The summed E-state index contributed by atoms with van der Waals surface area (Å²) in [7, 11) is 0. The average Bonchev–Trinajstić information content (AvgIpc) is 3.27. The number of hydrogen-bond donors (Lipinski definition) is 7. The van der Waals surface area contributed by atoms with E-state index in [-0.39, 0.29) is 19.6 Å². The van der Waals surface area contributed by atoms with Crippen LogP contribution in [0.15, 0.2) is 12.2 Å². The second kappa shape index (κ2) is 29.4. The van der Waals surface area contributed by atoms with E-state index >= 15 is 0 Å². The normalized spacial score (nSPS) is 25.1. The van der Waals surface area contributed by atoms with Crippen molar-refractivity contribution in [3.8, 4) is 0 Å². The first-order valence-corrected chi connectivity index (χ1v) is 26.3. The van der Waals surface area contributed by atoms with Gasteiger partial charge in [0.1, 0.15) is 58.5 Å². The van der Waals surface area contributed by atoms with E-state index in [0.29, 0.717) is 12.8 Å². The predicted octanol–water partition coefficient (Wildman–Crippen LogP) is 7.56. The average molecular weight is 1090 g/mol. The molecule has 76 heavy (non-hydrogen) atoms. The molecule has 5 amide bonds. The molecule has 1 aliphatic carbocycles. The summed E-state index contributed by atoms with van der Waals surface area (Å²) in [6.07, 6.45) is -9.12. The minimum absolute atomic E-state index is 0.0268. The van der Waals surface area contributed by atoms with Crippen molar-refractivity contribution in [3.63, 3.8) is 0 Å². The van der Waals surface area contributed by atoms with Crippen LogP contribution in [0, 0.1) is 5.41 Å². The number of ether oxygens (including phenoxy) is 12. The van der Waals surface area contributed by atoms with Crippen molar-refractivity contribution in [3.05, 3.63) is 12.2 Å². The van der Waals surface area contributed by atoms with Gasteiger partial charge in [-0.3, -0.25) is 5.32 Å². The van der Waals surface area contributed by atoms with Crippen LogP contribution in [0.1, 0.15) is 163 Å². The molecule has 9 unspecified atom stereocenters. The number of nitrogens with one attached hydrogen (secondary N) is 6. The molecule has 4 rings (SSSR count). The van der Waals surface area contributed by atoms with Gasteiger partial charge in [-0.05, 0) is 130 Å². The van der Waals surface area contributed by atoms with Crippen LogP contribution >= 0.6 is 0 Å². The molecule has 1 spiro atoms. The molecule has 3 fully saturated rings. The highest BCUT2D eigenvalue weighted by atomic mass is 16.8. The molecule has 11 atom stereocenters. The van der Waals surface area contributed by atoms with E-state index in [1.54, 1.807) is 123 Å². The van der Waals surface area contributed by atoms with E-state index in [1.165, 1.54) is 0 Å². The molecule has 4 aliphatic rings. The van der Waals surface area contributed by atoms with Crippen LogP contribution in [0.25, 0.3) is 0 Å². The maximum Gasteiger partial charge on any atom is 0.409 e. The summed E-state index contributed by atoms with van der Waals surface area (Å²) >= 11 is 0. The molecular formula is C52H94N6O18. The number of carbonyl (C=O) groups is 5. The van der Waals surface area contributed by atoms with Crippen LogP contribution in [0.4, 0.5) is 24.0 Å². The molecule has 0 radical (unpaired) electrons. The molecule has 24 heteroatoms. The minimum atomic E-state index is -1.86. The zero-order chi connectivity index (χ0) is 58.0. The number of carbonyl (C=O) groups excluding carboxylic acids is 5. The van der Waals surface area contributed by atoms with Gasteiger partial charge in [0.25, 0.3) is 0 Å². The van der Waals surface area contributed by atoms with Crippen LogP contribution in [-0.2, 0) is 56.8 Å². The van der Waals surface area contributed by atoms with Crippen molar-refractivity contribution in [2.45, 2.75) is 265 Å². The highest BCUT2D eigenvalue weighted by Gasteiger charge is 2.52. The first-order valence-electron chi connectivity index (χ1n) is 26.3. The molecular weight excluding hydrogens is 997 g/mol. The van der Waals surface area contributed by atoms with Crippen molar-refractivity contribution in [2.75, 3.05) is 19.7 Å². The molecule has 24 nitrogen and oxygen atoms in total. The number of aliphatic hydroxyl groups excluding tert-OH is 1. The van der Waals surface area contributed by atoms with Gasteiger partial charge in [0.2, 0.25) is 6.29 Å². The first kappa shape index (κ1) is 67.5. The van der Waals surface area contributed by atoms with Gasteiger partial charge in [-0.25, -0.2) is 24.0 Å². The number of rotatable bonds is 15. The second-order valence-corrected chi connectivity index (χ2v) is 23.3. The second-order valence-electron chi connectivity index (χ2n) is 23.3. The number of amides is 5. The Bertz CT molecular complexity index is 1850. The summed E-state index contributed by atoms with van der Waals surface area (Å²) in [6, 6.07) is -2.22. The monoisotopic (exact) mass is 1090 g/mol. The molecule has 7 N–H and O–H groups in total. The molecule has 1 saturated carbocycles. The van der Waals surface area contributed by atoms with Crippen LogP contribution in [0.2, 0.25) is 0 Å². The lowest BCUT2D eigenvalue weighted by atomic mass is 9.93. The highest BCUT2D eigenvalue weighted by Crippen LogP contribution is 2.40. The molecule has 440 valence electrons. The van der Waals surface area contributed by atoms with Crippen LogP contribution in [0.5, 0.6) is 0 Å². The van der Waals surface area contributed by atoms with Gasteiger partial charge in [0.05, 0.1) is 25.3 Å². The van der Waals surface area contributed by atoms with E-state index < -0.39 is 139 Å². The molecule has 3 heterocycles. The van der Waals surface area contributed by atoms with Crippen LogP contribution in [0.3, 0.4) is 0 Å². The third-order valence-electron chi connectivity index (χ3n) is 10.6. The molecule has 2 saturated heterocycles. The van der Waals surface area contributed by atoms with Crippen molar-refractivity contribution in [1.82, 2.24) is 26.6 Å². The molecule has 0 aromatic heterocycles. The Kier molecular flexibility index (Phi) is 26.2.